The van der Waals surface area contributed by atoms with Crippen molar-refractivity contribution in [3.63, 3.8) is 0 Å². The second kappa shape index (κ2) is 36.5. The van der Waals surface area contributed by atoms with Crippen LogP contribution in [-0.4, -0.2) is 122 Å². The molecule has 10 rings (SSSR count). The van der Waals surface area contributed by atoms with Crippen LogP contribution in [0.4, 0.5) is 0 Å². The van der Waals surface area contributed by atoms with E-state index in [1.807, 2.05) is 0 Å². The summed E-state index contributed by atoms with van der Waals surface area (Å²) in [6.07, 6.45) is 8.34. The van der Waals surface area contributed by atoms with E-state index in [2.05, 4.69) is 10.6 Å². The van der Waals surface area contributed by atoms with Gasteiger partial charge in [0.15, 0.2) is 10.9 Å². The van der Waals surface area contributed by atoms with Crippen LogP contribution >= 0.6 is 46.4 Å². The van der Waals surface area contributed by atoms with E-state index in [0.717, 1.165) is 51.4 Å². The number of amides is 2. The Morgan fingerprint density at radius 2 is 0.821 bits per heavy atom. The standard InChI is InChI=1S/2C35H33Cl2NO8.3CH4/c36-11-3-1-2-4-13-44-15-16-45-14-12-38-34(41)22-6-8-25(35(42)43)27(18-22)32-26-9-5-21-17-23(39)7-10-24(21)33(26)46-31-20-30(40)29(37)19-28(31)32;36-11-3-1-2-4-13-44-15-16-45-14-12-38-34(41)22-6-8-25(27(18-22)35(42)43)32-26-9-5-21-17-23(39)7-10-24(21)33(26)46-31-20-30(40)29(37)19-28(31)32;;;/h2*5-10,17-20,40H,1-4,11-16H2,(H,38,41)(H,42,43);3*1H4. The fourth-order valence-electron chi connectivity index (χ4n) is 10.7. The number of halogens is 4. The predicted octanol–water partition coefficient (Wildman–Crippen LogP) is 16.7. The third kappa shape index (κ3) is 19.0. The van der Waals surface area contributed by atoms with Crippen LogP contribution in [0.3, 0.4) is 0 Å². The molecule has 8 aromatic carbocycles. The average molecular weight is 1380 g/mol. The van der Waals surface area contributed by atoms with E-state index in [0.29, 0.717) is 122 Å². The molecule has 2 amide bonds. The smallest absolute Gasteiger partial charge is 0.336 e. The summed E-state index contributed by atoms with van der Waals surface area (Å²) in [5, 5.41) is 51.3. The Morgan fingerprint density at radius 1 is 0.411 bits per heavy atom. The van der Waals surface area contributed by atoms with Gasteiger partial charge in [-0.15, -0.1) is 23.2 Å². The molecule has 10 aromatic rings. The summed E-state index contributed by atoms with van der Waals surface area (Å²) in [7, 11) is 0. The zero-order valence-corrected chi connectivity index (χ0v) is 52.9. The molecule has 6 N–H and O–H groups in total. The molecule has 0 aliphatic heterocycles. The van der Waals surface area contributed by atoms with Crippen LogP contribution in [-0.2, 0) is 18.9 Å². The van der Waals surface area contributed by atoms with E-state index in [1.165, 1.54) is 72.8 Å². The van der Waals surface area contributed by atoms with Gasteiger partial charge >= 0.3 is 11.9 Å². The topological polar surface area (TPSA) is 271 Å². The molecule has 0 aliphatic carbocycles. The normalized spacial score (nSPS) is 11.1. The van der Waals surface area contributed by atoms with Gasteiger partial charge < -0.3 is 58.8 Å². The lowest BCUT2D eigenvalue weighted by atomic mass is 9.91. The SMILES string of the molecule is C.C.C.O=C(NCCOCCOCCCCCCCl)c1ccc(-c2c3cc(Cl)c(O)cc3oc3c2ccc2cc(=O)ccc23)c(C(=O)O)c1.O=C(NCCOCCOCCCCCCCl)c1ccc(C(=O)O)c(-c2c3cc(Cl)c(O)cc3oc3c2ccc2cc(=O)ccc23)c1. The van der Waals surface area contributed by atoms with Crippen LogP contribution in [0.2, 0.25) is 10.0 Å². The third-order valence-corrected chi connectivity index (χ3v) is 16.3. The first-order valence-electron chi connectivity index (χ1n) is 29.9. The number of carboxylic acid groups (broad SMARTS) is 2. The van der Waals surface area contributed by atoms with E-state index in [9.17, 15) is 49.2 Å². The van der Waals surface area contributed by atoms with Crippen molar-refractivity contribution in [2.24, 2.45) is 0 Å². The van der Waals surface area contributed by atoms with Crippen molar-refractivity contribution in [3.05, 3.63) is 174 Å². The monoisotopic (exact) mass is 1380 g/mol. The Bertz CT molecular complexity index is 4480. The second-order valence-corrected chi connectivity index (χ2v) is 23.1. The zero-order valence-electron chi connectivity index (χ0n) is 49.9. The van der Waals surface area contributed by atoms with E-state index < -0.39 is 23.8 Å². The molecule has 0 spiro atoms. The maximum absolute atomic E-state index is 13.2. The van der Waals surface area contributed by atoms with Gasteiger partial charge in [0.25, 0.3) is 11.8 Å². The molecule has 0 atom stereocenters. The number of hydrogen-bond donors (Lipinski definition) is 6. The van der Waals surface area contributed by atoms with Gasteiger partial charge in [0.1, 0.15) is 33.8 Å². The van der Waals surface area contributed by atoms with Gasteiger partial charge in [-0.3, -0.25) is 19.2 Å². The van der Waals surface area contributed by atoms with Crippen molar-refractivity contribution in [3.8, 4) is 33.8 Å². The number of phenols is 2. The number of rotatable bonds is 30. The summed E-state index contributed by atoms with van der Waals surface area (Å²) in [5.41, 5.74) is 2.67. The van der Waals surface area contributed by atoms with Crippen LogP contribution in [0.5, 0.6) is 11.5 Å². The summed E-state index contributed by atoms with van der Waals surface area (Å²) in [6, 6.07) is 30.6. The lowest BCUT2D eigenvalue weighted by molar-refractivity contribution is 0.0468. The van der Waals surface area contributed by atoms with E-state index in [4.69, 9.17) is 74.2 Å². The molecule has 22 heteroatoms. The minimum Gasteiger partial charge on any atom is -0.506 e. The first-order chi connectivity index (χ1) is 44.6. The van der Waals surface area contributed by atoms with Crippen LogP contribution in [0.1, 0.15) is 115 Å². The van der Waals surface area contributed by atoms with Crippen LogP contribution < -0.4 is 21.5 Å². The van der Waals surface area contributed by atoms with Crippen molar-refractivity contribution < 1.29 is 67.4 Å². The summed E-state index contributed by atoms with van der Waals surface area (Å²) < 4.78 is 34.7. The number of ether oxygens (including phenoxy) is 4. The molecule has 2 heterocycles. The maximum Gasteiger partial charge on any atom is 0.336 e. The zero-order chi connectivity index (χ0) is 65.3. The average Bonchev–Trinajstić information content (AvgIpc) is 0.742. The molecule has 0 fully saturated rings. The lowest BCUT2D eigenvalue weighted by Crippen LogP contribution is -2.28. The summed E-state index contributed by atoms with van der Waals surface area (Å²) in [4.78, 5) is 75.2. The molecule has 0 radical (unpaired) electrons. The van der Waals surface area contributed by atoms with Gasteiger partial charge in [-0.25, -0.2) is 9.59 Å². The summed E-state index contributed by atoms with van der Waals surface area (Å²) >= 11 is 23.9. The lowest BCUT2D eigenvalue weighted by Gasteiger charge is -2.16. The number of unbranched alkanes of at least 4 members (excludes halogenated alkanes) is 6. The number of carbonyl (C=O) groups is 4. The highest BCUT2D eigenvalue weighted by atomic mass is 35.5. The number of aromatic hydroxyl groups is 2. The number of carboxylic acids is 2. The summed E-state index contributed by atoms with van der Waals surface area (Å²) in [5.74, 6) is -2.35. The summed E-state index contributed by atoms with van der Waals surface area (Å²) in [6.45, 7) is 4.09. The van der Waals surface area contributed by atoms with Gasteiger partial charge in [-0.1, -0.05) is 89.4 Å². The number of fused-ring (bicyclic) bond motifs is 8. The van der Waals surface area contributed by atoms with Gasteiger partial charge in [-0.2, -0.15) is 0 Å². The van der Waals surface area contributed by atoms with E-state index in [-0.39, 0.29) is 120 Å². The number of hydrogen-bond acceptors (Lipinski definition) is 14. The molecule has 18 nitrogen and oxygen atoms in total. The molecule has 0 unspecified atom stereocenters. The van der Waals surface area contributed by atoms with Crippen molar-refractivity contribution in [1.29, 1.82) is 0 Å². The fourth-order valence-corrected chi connectivity index (χ4v) is 11.4. The van der Waals surface area contributed by atoms with E-state index >= 15 is 0 Å². The molecule has 504 valence electrons. The highest BCUT2D eigenvalue weighted by molar-refractivity contribution is 6.34. The predicted molar refractivity (Wildman–Crippen MR) is 380 cm³/mol. The Hall–Kier alpha value is -8.30. The van der Waals surface area contributed by atoms with E-state index in [1.54, 1.807) is 48.5 Å². The van der Waals surface area contributed by atoms with Crippen LogP contribution in [0.15, 0.2) is 140 Å². The quantitative estimate of drug-likeness (QED) is 0.0106. The van der Waals surface area contributed by atoms with Gasteiger partial charge in [0, 0.05) is 105 Å². The molecular formula is C73H78Cl4N2O16. The Kier molecular flexibility index (Phi) is 29.1. The fraction of sp³-hybridized carbons (Fsp3) is 0.315. The first kappa shape index (κ1) is 75.7. The number of aromatic carboxylic acids is 2. The molecule has 2 aromatic heterocycles. The Labute approximate surface area is 569 Å². The van der Waals surface area contributed by atoms with Crippen molar-refractivity contribution in [1.82, 2.24) is 10.6 Å². The van der Waals surface area contributed by atoms with Crippen molar-refractivity contribution >= 4 is 136 Å². The minimum absolute atomic E-state index is 0. The van der Waals surface area contributed by atoms with Gasteiger partial charge in [-0.05, 0) is 139 Å². The number of carbonyl (C=O) groups excluding carboxylic acids is 2. The van der Waals surface area contributed by atoms with Crippen molar-refractivity contribution in [2.45, 2.75) is 73.6 Å². The molecule has 0 bridgehead atoms. The number of alkyl halides is 2. The van der Waals surface area contributed by atoms with Crippen LogP contribution in [0.25, 0.3) is 87.7 Å². The highest BCUT2D eigenvalue weighted by Crippen LogP contribution is 2.45. The van der Waals surface area contributed by atoms with Crippen LogP contribution in [0, 0.1) is 0 Å². The molecular weight excluding hydrogens is 1300 g/mol. The Morgan fingerprint density at radius 3 is 1.27 bits per heavy atom. The molecule has 0 aliphatic rings. The van der Waals surface area contributed by atoms with Gasteiger partial charge in [0.2, 0.25) is 0 Å². The Balaban J connectivity index is 0.000000292. The molecule has 95 heavy (non-hydrogen) atoms. The number of phenolic OH excluding ortho intramolecular Hbond substituents is 2. The van der Waals surface area contributed by atoms with Gasteiger partial charge in [0.05, 0.1) is 60.8 Å². The third-order valence-electron chi connectivity index (χ3n) is 15.2. The largest absolute Gasteiger partial charge is 0.506 e. The highest BCUT2D eigenvalue weighted by Gasteiger charge is 2.25. The van der Waals surface area contributed by atoms with Crippen molar-refractivity contribution in [2.75, 3.05) is 77.7 Å². The minimum atomic E-state index is -1.24. The molecule has 0 saturated heterocycles. The maximum atomic E-state index is 13.2. The first-order valence-corrected chi connectivity index (χ1v) is 31.8. The second-order valence-electron chi connectivity index (χ2n) is 21.5. The molecule has 0 saturated carbocycles. The number of nitrogens with one attached hydrogen (secondary N) is 2. The number of benzene rings is 8.